The number of carbonyl (C=O) groups is 3. The number of hydrogen-bond donors (Lipinski definition) is 7. The van der Waals surface area contributed by atoms with Crippen LogP contribution in [-0.2, 0) is 66.5 Å². The smallest absolute Gasteiger partial charge is 0.346 e. The predicted octanol–water partition coefficient (Wildman–Crippen LogP) is 6.60. The van der Waals surface area contributed by atoms with Gasteiger partial charge in [0.05, 0.1) is 78.8 Å². The number of aliphatic hydroxyl groups excluding tert-OH is 5. The number of ether oxygens (including phenoxy) is 11. The summed E-state index contributed by atoms with van der Waals surface area (Å²) in [6.45, 7) is 26.2. The number of nitrogens with one attached hydrogen (secondary N) is 1. The lowest BCUT2D eigenvalue weighted by Crippen LogP contribution is -2.62. The van der Waals surface area contributed by atoms with Gasteiger partial charge in [-0.3, -0.25) is 9.59 Å². The molecule has 31 unspecified atom stereocenters. The number of esters is 1. The van der Waals surface area contributed by atoms with Gasteiger partial charge in [-0.05, 0) is 104 Å². The van der Waals surface area contributed by atoms with Crippen molar-refractivity contribution in [3.05, 3.63) is 58.9 Å². The van der Waals surface area contributed by atoms with Gasteiger partial charge in [-0.15, -0.1) is 0 Å². The zero-order chi connectivity index (χ0) is 63.8. The van der Waals surface area contributed by atoms with Crippen molar-refractivity contribution < 1.29 is 97.1 Å². The number of amides is 1. The molecule has 0 aromatic rings. The summed E-state index contributed by atoms with van der Waals surface area (Å²) >= 11 is 0. The van der Waals surface area contributed by atoms with Crippen LogP contribution in [0.25, 0.3) is 0 Å². The van der Waals surface area contributed by atoms with Gasteiger partial charge in [0.15, 0.2) is 37.1 Å². The van der Waals surface area contributed by atoms with Crippen molar-refractivity contribution in [2.75, 3.05) is 0 Å². The van der Waals surface area contributed by atoms with E-state index >= 15 is 4.79 Å². The highest BCUT2D eigenvalue weighted by molar-refractivity contribution is 6.26. The average molecular weight is 1240 g/mol. The number of carbonyl (C=O) groups excluding carboxylic acids is 3. The van der Waals surface area contributed by atoms with E-state index < -0.39 is 169 Å². The largest absolute Gasteiger partial charge is 0.511 e. The third-order valence-corrected chi connectivity index (χ3v) is 21.6. The molecular formula is C67H101NO20. The van der Waals surface area contributed by atoms with E-state index in [2.05, 4.69) is 50.4 Å². The van der Waals surface area contributed by atoms with Crippen LogP contribution in [0.1, 0.15) is 155 Å². The summed E-state index contributed by atoms with van der Waals surface area (Å²) in [7, 11) is 0. The third-order valence-electron chi connectivity index (χ3n) is 21.6. The van der Waals surface area contributed by atoms with Gasteiger partial charge < -0.3 is 88.1 Å². The summed E-state index contributed by atoms with van der Waals surface area (Å²) < 4.78 is 71.8. The van der Waals surface area contributed by atoms with Crippen molar-refractivity contribution in [2.45, 2.75) is 289 Å². The molecule has 4 aliphatic carbocycles. The number of ketones is 1. The Bertz CT molecular complexity index is 2670. The zero-order valence-corrected chi connectivity index (χ0v) is 53.9. The van der Waals surface area contributed by atoms with Gasteiger partial charge in [-0.1, -0.05) is 76.6 Å². The van der Waals surface area contributed by atoms with Crippen LogP contribution in [0.2, 0.25) is 0 Å². The van der Waals surface area contributed by atoms with Crippen molar-refractivity contribution >= 4 is 17.7 Å². The second-order valence-corrected chi connectivity index (χ2v) is 28.3. The minimum Gasteiger partial charge on any atom is -0.511 e. The maximum absolute atomic E-state index is 15.6. The monoisotopic (exact) mass is 1240 g/mol. The first-order valence-electron chi connectivity index (χ1n) is 32.7. The van der Waals surface area contributed by atoms with Crippen LogP contribution < -0.4 is 5.32 Å². The lowest BCUT2D eigenvalue weighted by atomic mass is 9.49. The number of Topliss-reactive ketones (excluding diaryl/α,β-unsaturated/α-hetero) is 1. The summed E-state index contributed by atoms with van der Waals surface area (Å²) in [5.74, 6) is -4.60. The van der Waals surface area contributed by atoms with Crippen LogP contribution >= 0.6 is 0 Å². The SMILES string of the molecule is CCC1C=CC2/C=C(/C)C(OC3CC(C)(O)C(NC(C)=O)C(C)O3)C(C)/C=C(/C)C3C=CC4C(OC5CC(O)C(OC6CC(OC7CCC(O)C(C)O7)C(OC7CC(O)C(O)C(C)O7)C(C)O6)C(C)O5)C(C)CC(C)C4C3(C)C(O)=C3C(=O)OC2(C1)C3=O. The Morgan fingerprint density at radius 3 is 1.92 bits per heavy atom. The van der Waals surface area contributed by atoms with E-state index in [0.29, 0.717) is 25.7 Å². The standard InChI is InChI=1S/C67H101NO20/c1-15-41-16-17-42-24-34(6)57(87-53-29-65(13,77)61(39(11)82-53)68-40(12)69)32(4)22-30(2)44-19-18-43-55(66(44,14)62(74)54-63(75)67(42,28-41)88-64(54)76)31(3)23-33(5)58(43)84-51-26-47(72)59(37(9)80-51)85-52-27-48(83-49-21-20-45(70)35(7)78-49)60(38(10)81-52)86-50-25-46(71)56(73)36(8)79-50/h16-19,22,24,31-33,35-39,41-53,55-61,70-74,77H,15,20-21,23,25-29H2,1-14H3,(H,68,69)/b30-22-,34-24-,62-54?. The van der Waals surface area contributed by atoms with E-state index in [1.807, 2.05) is 53.7 Å². The third kappa shape index (κ3) is 13.1. The topological polar surface area (TPSA) is 286 Å². The molecule has 1 spiro atoms. The van der Waals surface area contributed by atoms with Crippen LogP contribution in [0, 0.1) is 52.8 Å². The van der Waals surface area contributed by atoms with Gasteiger partial charge in [0.1, 0.15) is 29.6 Å². The maximum atomic E-state index is 15.6. The summed E-state index contributed by atoms with van der Waals surface area (Å²) in [4.78, 5) is 42.6. The molecule has 6 aliphatic heterocycles. The molecule has 21 nitrogen and oxygen atoms in total. The number of rotatable bonds is 12. The number of hydrogen-bond acceptors (Lipinski definition) is 20. The molecule has 494 valence electrons. The molecule has 0 aromatic heterocycles. The van der Waals surface area contributed by atoms with Gasteiger partial charge in [-0.25, -0.2) is 4.79 Å². The fourth-order valence-corrected chi connectivity index (χ4v) is 17.0. The number of fused-ring (bicyclic) bond motifs is 4. The van der Waals surface area contributed by atoms with Crippen molar-refractivity contribution in [3.8, 4) is 0 Å². The fourth-order valence-electron chi connectivity index (χ4n) is 17.0. The van der Waals surface area contributed by atoms with Crippen LogP contribution in [0.5, 0.6) is 0 Å². The Labute approximate surface area is 518 Å². The van der Waals surface area contributed by atoms with Crippen molar-refractivity contribution in [2.24, 2.45) is 52.8 Å². The van der Waals surface area contributed by atoms with Crippen molar-refractivity contribution in [3.63, 3.8) is 0 Å². The van der Waals surface area contributed by atoms with E-state index in [1.165, 1.54) is 6.92 Å². The first-order valence-corrected chi connectivity index (χ1v) is 32.7. The van der Waals surface area contributed by atoms with Crippen LogP contribution in [-0.4, -0.2) is 182 Å². The molecular weight excluding hydrogens is 1140 g/mol. The van der Waals surface area contributed by atoms with Crippen LogP contribution in [0.3, 0.4) is 0 Å². The molecule has 10 rings (SSSR count). The Morgan fingerprint density at radius 2 is 1.27 bits per heavy atom. The molecule has 6 saturated heterocycles. The normalized spacial score (nSPS) is 51.2. The first kappa shape index (κ1) is 67.4. The zero-order valence-electron chi connectivity index (χ0n) is 53.9. The number of allylic oxidation sites excluding steroid dienone is 4. The van der Waals surface area contributed by atoms with Gasteiger partial charge in [0.25, 0.3) is 0 Å². The summed E-state index contributed by atoms with van der Waals surface area (Å²) in [6.07, 6.45) is 0.521. The fraction of sp³-hybridized carbons (Fsp3) is 0.806. The van der Waals surface area contributed by atoms with Crippen LogP contribution in [0.4, 0.5) is 0 Å². The Hall–Kier alpha value is -3.49. The summed E-state index contributed by atoms with van der Waals surface area (Å²) in [5, 5.41) is 71.4. The Balaban J connectivity index is 0.913. The lowest BCUT2D eigenvalue weighted by Gasteiger charge is -2.57. The van der Waals surface area contributed by atoms with Crippen molar-refractivity contribution in [1.29, 1.82) is 0 Å². The maximum Gasteiger partial charge on any atom is 0.346 e. The average Bonchev–Trinajstić information content (AvgIpc) is 1.99. The molecule has 1 amide bonds. The highest BCUT2D eigenvalue weighted by Crippen LogP contribution is 2.61. The molecule has 21 heteroatoms. The molecule has 88 heavy (non-hydrogen) atoms. The first-order chi connectivity index (χ1) is 41.4. The summed E-state index contributed by atoms with van der Waals surface area (Å²) in [6, 6.07) is -0.684. The quantitative estimate of drug-likeness (QED) is 0.0615. The van der Waals surface area contributed by atoms with E-state index in [9.17, 15) is 40.2 Å². The minimum absolute atomic E-state index is 0.0322. The van der Waals surface area contributed by atoms with Gasteiger partial charge in [0.2, 0.25) is 11.7 Å². The van der Waals surface area contributed by atoms with E-state index in [4.69, 9.17) is 52.1 Å². The molecule has 0 radical (unpaired) electrons. The summed E-state index contributed by atoms with van der Waals surface area (Å²) in [5.41, 5.74) is -3.02. The highest BCUT2D eigenvalue weighted by Gasteiger charge is 2.64. The molecule has 31 atom stereocenters. The van der Waals surface area contributed by atoms with Gasteiger partial charge in [-0.2, -0.15) is 0 Å². The molecule has 10 aliphatic rings. The van der Waals surface area contributed by atoms with Gasteiger partial charge in [0, 0.05) is 74.5 Å². The lowest BCUT2D eigenvalue weighted by molar-refractivity contribution is -0.352. The molecule has 7 fully saturated rings. The molecule has 0 aromatic carbocycles. The second-order valence-electron chi connectivity index (χ2n) is 28.3. The van der Waals surface area contributed by atoms with Crippen molar-refractivity contribution in [1.82, 2.24) is 5.32 Å². The second kappa shape index (κ2) is 26.5. The predicted molar refractivity (Wildman–Crippen MR) is 318 cm³/mol. The molecule has 7 N–H and O–H groups in total. The Kier molecular flexibility index (Phi) is 20.3. The minimum atomic E-state index is -1.65. The number of aliphatic hydroxyl groups is 6. The molecule has 6 heterocycles. The van der Waals surface area contributed by atoms with Gasteiger partial charge >= 0.3 is 5.97 Å². The molecule has 1 saturated carbocycles. The van der Waals surface area contributed by atoms with E-state index in [1.54, 1.807) is 27.7 Å². The Morgan fingerprint density at radius 1 is 0.648 bits per heavy atom. The van der Waals surface area contributed by atoms with Crippen LogP contribution in [0.15, 0.2) is 58.9 Å². The molecule has 2 bridgehead atoms. The highest BCUT2D eigenvalue weighted by atomic mass is 16.8. The van der Waals surface area contributed by atoms with E-state index in [0.717, 1.165) is 11.1 Å². The van der Waals surface area contributed by atoms with E-state index in [-0.39, 0.29) is 78.9 Å².